The first-order valence-electron chi connectivity index (χ1n) is 8.20. The third-order valence-electron chi connectivity index (χ3n) is 3.99. The summed E-state index contributed by atoms with van der Waals surface area (Å²) >= 11 is 0. The highest BCUT2D eigenvalue weighted by Gasteiger charge is 2.36. The summed E-state index contributed by atoms with van der Waals surface area (Å²) in [5.41, 5.74) is 7.67. The number of aryl methyl sites for hydroxylation is 1. The molecule has 2 rings (SSSR count). The molecule has 0 aromatic heterocycles. The zero-order chi connectivity index (χ0) is 19.7. The molecule has 0 unspecified atom stereocenters. The molecule has 1 amide bonds. The number of carbonyl (C=O) groups is 1. The van der Waals surface area contributed by atoms with Crippen molar-refractivity contribution in [2.24, 2.45) is 5.11 Å². The number of ether oxygens (including phenoxy) is 1. The van der Waals surface area contributed by atoms with Gasteiger partial charge in [0, 0.05) is 11.5 Å². The third kappa shape index (κ3) is 4.40. The number of nitrogens with zero attached hydrogens (tertiary/aromatic N) is 4. The number of hydrogen-bond acceptors (Lipinski definition) is 3. The van der Waals surface area contributed by atoms with Crippen molar-refractivity contribution < 1.29 is 22.7 Å². The van der Waals surface area contributed by atoms with E-state index in [4.69, 9.17) is 10.3 Å². The zero-order valence-electron chi connectivity index (χ0n) is 15.1. The number of anilines is 1. The standard InChI is InChI=1S/C17H21F3N4O2/c1-10-8-11-13(22-23-21)6-5-7-24(15(25)26-16(2,3)4)14(11)9-12(10)17(18,19)20/h8-9,13H,5-7H2,1-4H3/t13-/m0/s1. The molecule has 0 fully saturated rings. The molecule has 0 saturated carbocycles. The molecule has 1 aliphatic rings. The van der Waals surface area contributed by atoms with Gasteiger partial charge in [0.2, 0.25) is 0 Å². The largest absolute Gasteiger partial charge is 0.443 e. The minimum absolute atomic E-state index is 0.0143. The van der Waals surface area contributed by atoms with Crippen LogP contribution in [0.25, 0.3) is 10.4 Å². The Morgan fingerprint density at radius 2 is 2.00 bits per heavy atom. The van der Waals surface area contributed by atoms with Crippen LogP contribution in [0.5, 0.6) is 0 Å². The van der Waals surface area contributed by atoms with Gasteiger partial charge in [-0.05, 0) is 63.3 Å². The van der Waals surface area contributed by atoms with Crippen LogP contribution in [0.15, 0.2) is 17.2 Å². The van der Waals surface area contributed by atoms with Crippen molar-refractivity contribution in [2.75, 3.05) is 11.4 Å². The van der Waals surface area contributed by atoms with Crippen LogP contribution < -0.4 is 4.90 Å². The molecular formula is C17H21F3N4O2. The molecule has 0 bridgehead atoms. The highest BCUT2D eigenvalue weighted by molar-refractivity contribution is 5.89. The van der Waals surface area contributed by atoms with Crippen molar-refractivity contribution in [1.82, 2.24) is 0 Å². The van der Waals surface area contributed by atoms with Crippen molar-refractivity contribution in [1.29, 1.82) is 0 Å². The van der Waals surface area contributed by atoms with Gasteiger partial charge in [0.1, 0.15) is 5.60 Å². The molecule has 1 aromatic rings. The Morgan fingerprint density at radius 1 is 1.35 bits per heavy atom. The highest BCUT2D eigenvalue weighted by Crippen LogP contribution is 2.42. The number of hydrogen-bond donors (Lipinski definition) is 0. The van der Waals surface area contributed by atoms with Gasteiger partial charge in [-0.25, -0.2) is 4.79 Å². The van der Waals surface area contributed by atoms with E-state index < -0.39 is 29.5 Å². The molecule has 26 heavy (non-hydrogen) atoms. The van der Waals surface area contributed by atoms with Crippen molar-refractivity contribution >= 4 is 11.8 Å². The Balaban J connectivity index is 2.63. The number of halogens is 3. The van der Waals surface area contributed by atoms with Crippen molar-refractivity contribution in [2.45, 2.75) is 58.4 Å². The van der Waals surface area contributed by atoms with Gasteiger partial charge in [-0.3, -0.25) is 4.90 Å². The van der Waals surface area contributed by atoms with Gasteiger partial charge >= 0.3 is 12.3 Å². The van der Waals surface area contributed by atoms with Crippen LogP contribution in [-0.2, 0) is 10.9 Å². The molecular weight excluding hydrogens is 349 g/mol. The summed E-state index contributed by atoms with van der Waals surface area (Å²) in [6, 6.07) is 1.66. The Morgan fingerprint density at radius 3 is 2.54 bits per heavy atom. The Hall–Kier alpha value is -2.41. The third-order valence-corrected chi connectivity index (χ3v) is 3.99. The van der Waals surface area contributed by atoms with Crippen LogP contribution in [0.3, 0.4) is 0 Å². The van der Waals surface area contributed by atoms with Crippen LogP contribution in [-0.4, -0.2) is 18.2 Å². The molecule has 6 nitrogen and oxygen atoms in total. The summed E-state index contributed by atoms with van der Waals surface area (Å²) in [4.78, 5) is 16.6. The summed E-state index contributed by atoms with van der Waals surface area (Å²) < 4.78 is 45.4. The number of rotatable bonds is 1. The Labute approximate surface area is 149 Å². The van der Waals surface area contributed by atoms with Crippen LogP contribution >= 0.6 is 0 Å². The van der Waals surface area contributed by atoms with Gasteiger partial charge in [-0.1, -0.05) is 11.2 Å². The van der Waals surface area contributed by atoms with Crippen molar-refractivity contribution in [3.05, 3.63) is 39.3 Å². The van der Waals surface area contributed by atoms with E-state index in [1.165, 1.54) is 17.9 Å². The molecule has 1 aliphatic heterocycles. The molecule has 0 saturated heterocycles. The lowest BCUT2D eigenvalue weighted by molar-refractivity contribution is -0.138. The average Bonchev–Trinajstić information content (AvgIpc) is 2.64. The summed E-state index contributed by atoms with van der Waals surface area (Å²) in [6.07, 6.45) is -4.38. The van der Waals surface area contributed by atoms with E-state index in [0.717, 1.165) is 6.07 Å². The summed E-state index contributed by atoms with van der Waals surface area (Å²) in [5.74, 6) is 0. The van der Waals surface area contributed by atoms with E-state index in [1.807, 2.05) is 0 Å². The molecule has 0 N–H and O–H groups in total. The number of carbonyl (C=O) groups excluding carboxylic acids is 1. The minimum Gasteiger partial charge on any atom is -0.443 e. The molecule has 0 radical (unpaired) electrons. The van der Waals surface area contributed by atoms with Gasteiger partial charge in [0.15, 0.2) is 0 Å². The fourth-order valence-corrected chi connectivity index (χ4v) is 2.93. The van der Waals surface area contributed by atoms with Gasteiger partial charge in [0.25, 0.3) is 0 Å². The summed E-state index contributed by atoms with van der Waals surface area (Å²) in [5, 5.41) is 3.71. The lowest BCUT2D eigenvalue weighted by atomic mass is 9.96. The first-order chi connectivity index (χ1) is 11.9. The van der Waals surface area contributed by atoms with Gasteiger partial charge in [-0.15, -0.1) is 0 Å². The number of alkyl halides is 3. The summed E-state index contributed by atoms with van der Waals surface area (Å²) in [6.45, 7) is 6.58. The zero-order valence-corrected chi connectivity index (χ0v) is 15.1. The number of azide groups is 1. The number of fused-ring (bicyclic) bond motifs is 1. The Bertz CT molecular complexity index is 750. The maximum Gasteiger partial charge on any atom is 0.416 e. The van der Waals surface area contributed by atoms with E-state index in [2.05, 4.69) is 10.0 Å². The fourth-order valence-electron chi connectivity index (χ4n) is 2.93. The predicted molar refractivity (Wildman–Crippen MR) is 90.9 cm³/mol. The molecule has 0 spiro atoms. The van der Waals surface area contributed by atoms with Gasteiger partial charge in [-0.2, -0.15) is 13.2 Å². The topological polar surface area (TPSA) is 78.3 Å². The first-order valence-corrected chi connectivity index (χ1v) is 8.20. The molecule has 1 atom stereocenters. The fraction of sp³-hybridized carbons (Fsp3) is 0.588. The molecule has 0 aliphatic carbocycles. The molecule has 9 heteroatoms. The normalized spacial score (nSPS) is 17.8. The van der Waals surface area contributed by atoms with Crippen LogP contribution in [0, 0.1) is 6.92 Å². The summed E-state index contributed by atoms with van der Waals surface area (Å²) in [7, 11) is 0. The van der Waals surface area contributed by atoms with E-state index >= 15 is 0 Å². The van der Waals surface area contributed by atoms with E-state index in [1.54, 1.807) is 20.8 Å². The highest BCUT2D eigenvalue weighted by atomic mass is 19.4. The van der Waals surface area contributed by atoms with Crippen molar-refractivity contribution in [3.8, 4) is 0 Å². The second-order valence-corrected chi connectivity index (χ2v) is 7.22. The van der Waals surface area contributed by atoms with Gasteiger partial charge < -0.3 is 4.74 Å². The maximum absolute atomic E-state index is 13.3. The number of benzene rings is 1. The molecule has 1 heterocycles. The smallest absolute Gasteiger partial charge is 0.416 e. The predicted octanol–water partition coefficient (Wildman–Crippen LogP) is 5.90. The number of amides is 1. The Kier molecular flexibility index (Phi) is 5.41. The van der Waals surface area contributed by atoms with Gasteiger partial charge in [0.05, 0.1) is 17.3 Å². The average molecular weight is 370 g/mol. The first kappa shape index (κ1) is 19.9. The second-order valence-electron chi connectivity index (χ2n) is 7.22. The minimum atomic E-state index is -4.56. The van der Waals surface area contributed by atoms with Crippen LogP contribution in [0.2, 0.25) is 0 Å². The SMILES string of the molecule is Cc1cc2c(cc1C(F)(F)F)N(C(=O)OC(C)(C)C)CCC[C@@H]2N=[N+]=[N-]. The van der Waals surface area contributed by atoms with E-state index in [-0.39, 0.29) is 17.8 Å². The molecule has 1 aromatic carbocycles. The monoisotopic (exact) mass is 370 g/mol. The van der Waals surface area contributed by atoms with E-state index in [9.17, 15) is 18.0 Å². The second kappa shape index (κ2) is 7.07. The van der Waals surface area contributed by atoms with Crippen molar-refractivity contribution in [3.63, 3.8) is 0 Å². The molecule has 142 valence electrons. The van der Waals surface area contributed by atoms with Crippen LogP contribution in [0.1, 0.15) is 56.3 Å². The lowest BCUT2D eigenvalue weighted by Crippen LogP contribution is -2.37. The lowest BCUT2D eigenvalue weighted by Gasteiger charge is -2.28. The maximum atomic E-state index is 13.3. The van der Waals surface area contributed by atoms with Crippen LogP contribution in [0.4, 0.5) is 23.7 Å². The quantitative estimate of drug-likeness (QED) is 0.350. The van der Waals surface area contributed by atoms with E-state index in [0.29, 0.717) is 18.4 Å².